The molecule has 0 aliphatic carbocycles. The molecule has 1 heterocycles. The highest BCUT2D eigenvalue weighted by Gasteiger charge is 2.13. The lowest BCUT2D eigenvalue weighted by atomic mass is 10.0. The van der Waals surface area contributed by atoms with Crippen LogP contribution < -0.4 is 0 Å². The molecule has 1 aromatic carbocycles. The summed E-state index contributed by atoms with van der Waals surface area (Å²) in [7, 11) is 0. The Hall–Kier alpha value is -2.10. The smallest absolute Gasteiger partial charge is 0.144 e. The molecule has 0 radical (unpaired) electrons. The number of hydrogen-bond donors (Lipinski definition) is 0. The Morgan fingerprint density at radius 3 is 2.50 bits per heavy atom. The van der Waals surface area contributed by atoms with Crippen molar-refractivity contribution >= 4 is 5.83 Å². The quantitative estimate of drug-likeness (QED) is 0.755. The topological polar surface area (TPSA) is 12.9 Å². The van der Waals surface area contributed by atoms with E-state index in [1.807, 2.05) is 0 Å². The number of allylic oxidation sites excluding steroid dienone is 1. The number of hydrogen-bond acceptors (Lipinski definition) is 1. The molecule has 0 fully saturated rings. The summed E-state index contributed by atoms with van der Waals surface area (Å²) in [4.78, 5) is 4.01. The lowest BCUT2D eigenvalue weighted by molar-refractivity contribution is 0.570. The van der Waals surface area contributed by atoms with E-state index in [0.717, 1.165) is 0 Å². The summed E-state index contributed by atoms with van der Waals surface area (Å²) >= 11 is 0. The molecule has 104 valence electrons. The van der Waals surface area contributed by atoms with Gasteiger partial charge in [-0.15, -0.1) is 0 Å². The Bertz CT molecular complexity index is 690. The highest BCUT2D eigenvalue weighted by atomic mass is 19.1. The van der Waals surface area contributed by atoms with Crippen molar-refractivity contribution in [1.29, 1.82) is 0 Å². The maximum Gasteiger partial charge on any atom is 0.144 e. The Labute approximate surface area is 115 Å². The minimum Gasteiger partial charge on any atom is -0.253 e. The molecule has 1 nitrogen and oxygen atoms in total. The third kappa shape index (κ3) is 2.46. The fraction of sp³-hybridized carbons (Fsp3) is 0.188. The molecular formula is C16H14F3N. The number of nitrogens with zero attached hydrogens (tertiary/aromatic N) is 1. The van der Waals surface area contributed by atoms with Gasteiger partial charge in [-0.05, 0) is 50.6 Å². The van der Waals surface area contributed by atoms with Crippen LogP contribution in [0.1, 0.15) is 23.7 Å². The van der Waals surface area contributed by atoms with Gasteiger partial charge in [-0.25, -0.2) is 13.2 Å². The number of halogens is 3. The van der Waals surface area contributed by atoms with Crippen LogP contribution in [0, 0.1) is 25.5 Å². The van der Waals surface area contributed by atoms with Crippen molar-refractivity contribution in [2.75, 3.05) is 0 Å². The number of rotatable bonds is 2. The van der Waals surface area contributed by atoms with Crippen LogP contribution in [0.25, 0.3) is 17.0 Å². The van der Waals surface area contributed by atoms with E-state index in [2.05, 4.69) is 4.98 Å². The maximum absolute atomic E-state index is 14.1. The van der Waals surface area contributed by atoms with E-state index in [4.69, 9.17) is 0 Å². The molecule has 0 spiro atoms. The molecule has 0 aliphatic heterocycles. The SMILES string of the molecule is C/C=C(/F)c1ncc(-c2ccc(F)c(C)c2F)cc1C. The van der Waals surface area contributed by atoms with Crippen molar-refractivity contribution in [1.82, 2.24) is 4.98 Å². The molecule has 2 rings (SSSR count). The van der Waals surface area contributed by atoms with Gasteiger partial charge in [-0.2, -0.15) is 0 Å². The summed E-state index contributed by atoms with van der Waals surface area (Å²) in [5, 5.41) is 0. The normalized spacial score (nSPS) is 11.8. The summed E-state index contributed by atoms with van der Waals surface area (Å²) in [5.41, 5.74) is 1.54. The molecule has 0 amide bonds. The van der Waals surface area contributed by atoms with Crippen molar-refractivity contribution < 1.29 is 13.2 Å². The highest BCUT2D eigenvalue weighted by Crippen LogP contribution is 2.28. The monoisotopic (exact) mass is 277 g/mol. The van der Waals surface area contributed by atoms with Gasteiger partial charge in [0.1, 0.15) is 23.2 Å². The molecule has 20 heavy (non-hydrogen) atoms. The average Bonchev–Trinajstić information content (AvgIpc) is 2.44. The summed E-state index contributed by atoms with van der Waals surface area (Å²) in [6.45, 7) is 4.65. The van der Waals surface area contributed by atoms with Crippen molar-refractivity contribution in [2.45, 2.75) is 20.8 Å². The second-order valence-electron chi connectivity index (χ2n) is 4.56. The van der Waals surface area contributed by atoms with E-state index < -0.39 is 17.5 Å². The first-order valence-electron chi connectivity index (χ1n) is 6.19. The van der Waals surface area contributed by atoms with Gasteiger partial charge in [0.05, 0.1) is 0 Å². The second-order valence-corrected chi connectivity index (χ2v) is 4.56. The summed E-state index contributed by atoms with van der Waals surface area (Å²) < 4.78 is 40.8. The predicted octanol–water partition coefficient (Wildman–Crippen LogP) is 4.97. The van der Waals surface area contributed by atoms with Crippen LogP contribution in [0.5, 0.6) is 0 Å². The minimum atomic E-state index is -0.620. The van der Waals surface area contributed by atoms with Gasteiger partial charge in [-0.3, -0.25) is 4.98 Å². The molecule has 0 atom stereocenters. The van der Waals surface area contributed by atoms with E-state index >= 15 is 0 Å². The fourth-order valence-corrected chi connectivity index (χ4v) is 1.99. The summed E-state index contributed by atoms with van der Waals surface area (Å²) in [6, 6.07) is 4.21. The van der Waals surface area contributed by atoms with Gasteiger partial charge >= 0.3 is 0 Å². The van der Waals surface area contributed by atoms with Crippen molar-refractivity contribution in [3.63, 3.8) is 0 Å². The lowest BCUT2D eigenvalue weighted by Gasteiger charge is -2.09. The van der Waals surface area contributed by atoms with Crippen LogP contribution in [0.3, 0.4) is 0 Å². The fourth-order valence-electron chi connectivity index (χ4n) is 1.99. The van der Waals surface area contributed by atoms with E-state index in [9.17, 15) is 13.2 Å². The Balaban J connectivity index is 2.56. The van der Waals surface area contributed by atoms with Crippen LogP contribution in [0.2, 0.25) is 0 Å². The number of benzene rings is 1. The van der Waals surface area contributed by atoms with Gasteiger partial charge < -0.3 is 0 Å². The zero-order valence-electron chi connectivity index (χ0n) is 11.5. The zero-order chi connectivity index (χ0) is 14.9. The Morgan fingerprint density at radius 1 is 1.20 bits per heavy atom. The zero-order valence-corrected chi connectivity index (χ0v) is 11.5. The molecule has 2 aromatic rings. The van der Waals surface area contributed by atoms with Crippen LogP contribution in [-0.2, 0) is 0 Å². The standard InChI is InChI=1S/C16H14F3N/c1-4-13(17)16-9(2)7-11(8-20-16)12-5-6-14(18)10(3)15(12)19/h4-8H,1-3H3/b13-4+. The van der Waals surface area contributed by atoms with Crippen molar-refractivity contribution in [3.8, 4) is 11.1 Å². The molecule has 0 bridgehead atoms. The molecule has 0 saturated carbocycles. The first-order valence-corrected chi connectivity index (χ1v) is 6.19. The maximum atomic E-state index is 14.1. The molecule has 0 unspecified atom stereocenters. The van der Waals surface area contributed by atoms with Gasteiger partial charge in [0.2, 0.25) is 0 Å². The molecular weight excluding hydrogens is 263 g/mol. The average molecular weight is 277 g/mol. The highest BCUT2D eigenvalue weighted by molar-refractivity contribution is 5.68. The number of pyridine rings is 1. The molecule has 0 aliphatic rings. The molecule has 4 heteroatoms. The van der Waals surface area contributed by atoms with E-state index in [1.165, 1.54) is 31.3 Å². The largest absolute Gasteiger partial charge is 0.253 e. The van der Waals surface area contributed by atoms with Gasteiger partial charge in [0.25, 0.3) is 0 Å². The molecule has 1 aromatic heterocycles. The Kier molecular flexibility index (Phi) is 3.93. The van der Waals surface area contributed by atoms with Crippen molar-refractivity contribution in [2.24, 2.45) is 0 Å². The number of aryl methyl sites for hydroxylation is 1. The summed E-state index contributed by atoms with van der Waals surface area (Å²) in [5.74, 6) is -1.64. The summed E-state index contributed by atoms with van der Waals surface area (Å²) in [6.07, 6.45) is 2.71. The van der Waals surface area contributed by atoms with Crippen LogP contribution >= 0.6 is 0 Å². The number of aromatic nitrogens is 1. The first kappa shape index (κ1) is 14.3. The van der Waals surface area contributed by atoms with Gasteiger partial charge in [-0.1, -0.05) is 0 Å². The van der Waals surface area contributed by atoms with Gasteiger partial charge in [0.15, 0.2) is 0 Å². The van der Waals surface area contributed by atoms with Crippen LogP contribution in [-0.4, -0.2) is 4.98 Å². The molecule has 0 N–H and O–H groups in total. The predicted molar refractivity (Wildman–Crippen MR) is 73.8 cm³/mol. The van der Waals surface area contributed by atoms with Gasteiger partial charge in [0, 0.05) is 22.9 Å². The third-order valence-corrected chi connectivity index (χ3v) is 3.19. The lowest BCUT2D eigenvalue weighted by Crippen LogP contribution is -1.96. The molecule has 0 saturated heterocycles. The third-order valence-electron chi connectivity index (χ3n) is 3.19. The van der Waals surface area contributed by atoms with E-state index in [1.54, 1.807) is 19.9 Å². The minimum absolute atomic E-state index is 0.0381. The van der Waals surface area contributed by atoms with Crippen LogP contribution in [0.4, 0.5) is 13.2 Å². The van der Waals surface area contributed by atoms with E-state index in [-0.39, 0.29) is 16.8 Å². The first-order chi connectivity index (χ1) is 9.45. The van der Waals surface area contributed by atoms with Crippen LogP contribution in [0.15, 0.2) is 30.5 Å². The van der Waals surface area contributed by atoms with E-state index in [0.29, 0.717) is 11.1 Å². The van der Waals surface area contributed by atoms with Crippen molar-refractivity contribution in [3.05, 3.63) is 58.9 Å². The Morgan fingerprint density at radius 2 is 1.90 bits per heavy atom. The second kappa shape index (κ2) is 5.49.